The van der Waals surface area contributed by atoms with E-state index in [9.17, 15) is 10.1 Å². The lowest BCUT2D eigenvalue weighted by atomic mass is 10.1. The van der Waals surface area contributed by atoms with Crippen molar-refractivity contribution < 1.29 is 4.92 Å². The van der Waals surface area contributed by atoms with E-state index in [1.165, 1.54) is 6.07 Å². The Kier molecular flexibility index (Phi) is 3.35. The van der Waals surface area contributed by atoms with Crippen molar-refractivity contribution in [2.24, 2.45) is 5.73 Å². The van der Waals surface area contributed by atoms with Crippen LogP contribution in [0, 0.1) is 24.0 Å². The van der Waals surface area contributed by atoms with Crippen LogP contribution in [0.5, 0.6) is 0 Å². The van der Waals surface area contributed by atoms with Gasteiger partial charge in [-0.25, -0.2) is 4.68 Å². The number of nitrogens with zero attached hydrogens (tertiary/aromatic N) is 3. The van der Waals surface area contributed by atoms with Crippen molar-refractivity contribution in [3.8, 4) is 5.69 Å². The van der Waals surface area contributed by atoms with Gasteiger partial charge in [-0.1, -0.05) is 12.1 Å². The van der Waals surface area contributed by atoms with Gasteiger partial charge < -0.3 is 5.73 Å². The fourth-order valence-electron chi connectivity index (χ4n) is 2.35. The third kappa shape index (κ3) is 2.22. The zero-order valence-corrected chi connectivity index (χ0v) is 11.1. The molecule has 0 fully saturated rings. The van der Waals surface area contributed by atoms with Crippen LogP contribution < -0.4 is 5.73 Å². The predicted molar refractivity (Wildman–Crippen MR) is 72.3 cm³/mol. The molecule has 0 aliphatic carbocycles. The number of para-hydroxylation sites is 2. The Labute approximate surface area is 111 Å². The van der Waals surface area contributed by atoms with E-state index in [1.54, 1.807) is 22.9 Å². The molecule has 1 heterocycles. The fraction of sp³-hybridized carbons (Fsp3) is 0.308. The summed E-state index contributed by atoms with van der Waals surface area (Å²) < 4.78 is 1.59. The van der Waals surface area contributed by atoms with Crippen LogP contribution in [0.2, 0.25) is 0 Å². The largest absolute Gasteiger partial charge is 0.324 e. The Bertz CT molecular complexity index is 632. The molecule has 19 heavy (non-hydrogen) atoms. The molecule has 6 nitrogen and oxygen atoms in total. The van der Waals surface area contributed by atoms with Gasteiger partial charge in [-0.3, -0.25) is 10.1 Å². The molecule has 0 bridgehead atoms. The van der Waals surface area contributed by atoms with E-state index in [-0.39, 0.29) is 11.7 Å². The molecule has 100 valence electrons. The first-order valence-electron chi connectivity index (χ1n) is 5.99. The van der Waals surface area contributed by atoms with Gasteiger partial charge in [0, 0.05) is 23.4 Å². The molecule has 1 aromatic carbocycles. The molecule has 0 amide bonds. The first-order chi connectivity index (χ1) is 8.93. The second-order valence-electron chi connectivity index (χ2n) is 4.53. The zero-order valence-electron chi connectivity index (χ0n) is 11.1. The molecule has 0 aliphatic rings. The van der Waals surface area contributed by atoms with Crippen molar-refractivity contribution in [3.05, 3.63) is 51.3 Å². The molecular formula is C13H16N4O2. The molecule has 0 saturated carbocycles. The number of hydrogen-bond acceptors (Lipinski definition) is 4. The number of nitro groups is 1. The van der Waals surface area contributed by atoms with Crippen molar-refractivity contribution in [1.29, 1.82) is 0 Å². The minimum atomic E-state index is -0.405. The molecule has 1 aromatic heterocycles. The number of nitrogens with two attached hydrogens (primary N) is 1. The van der Waals surface area contributed by atoms with Gasteiger partial charge in [0.2, 0.25) is 0 Å². The second-order valence-corrected chi connectivity index (χ2v) is 4.53. The van der Waals surface area contributed by atoms with Gasteiger partial charge in [0.05, 0.1) is 10.6 Å². The standard InChI is InChI=1S/C13H16N4O2/c1-8(14)13-9(2)15-16(10(13)3)11-6-4-5-7-12(11)17(18)19/h4-8H,14H2,1-3H3. The van der Waals surface area contributed by atoms with Gasteiger partial charge in [-0.05, 0) is 26.8 Å². The van der Waals surface area contributed by atoms with E-state index in [2.05, 4.69) is 5.10 Å². The van der Waals surface area contributed by atoms with Crippen molar-refractivity contribution in [1.82, 2.24) is 9.78 Å². The topological polar surface area (TPSA) is 87.0 Å². The molecule has 6 heteroatoms. The summed E-state index contributed by atoms with van der Waals surface area (Å²) in [6, 6.07) is 6.39. The highest BCUT2D eigenvalue weighted by atomic mass is 16.6. The van der Waals surface area contributed by atoms with Gasteiger partial charge in [-0.15, -0.1) is 0 Å². The van der Waals surface area contributed by atoms with Crippen molar-refractivity contribution in [2.45, 2.75) is 26.8 Å². The quantitative estimate of drug-likeness (QED) is 0.678. The first-order valence-corrected chi connectivity index (χ1v) is 5.99. The van der Waals surface area contributed by atoms with Crippen molar-refractivity contribution in [2.75, 3.05) is 0 Å². The van der Waals surface area contributed by atoms with Gasteiger partial charge in [0.25, 0.3) is 5.69 Å². The summed E-state index contributed by atoms with van der Waals surface area (Å²) in [4.78, 5) is 10.7. The van der Waals surface area contributed by atoms with Crippen LogP contribution in [0.25, 0.3) is 5.69 Å². The van der Waals surface area contributed by atoms with Gasteiger partial charge >= 0.3 is 0 Å². The molecule has 2 N–H and O–H groups in total. The monoisotopic (exact) mass is 260 g/mol. The summed E-state index contributed by atoms with van der Waals surface area (Å²) in [5, 5.41) is 15.4. The van der Waals surface area contributed by atoms with Crippen LogP contribution in [-0.2, 0) is 0 Å². The van der Waals surface area contributed by atoms with Gasteiger partial charge in [-0.2, -0.15) is 5.10 Å². The van der Waals surface area contributed by atoms with E-state index < -0.39 is 4.92 Å². The molecule has 0 aliphatic heterocycles. The predicted octanol–water partition coefficient (Wildman–Crippen LogP) is 2.42. The molecule has 1 unspecified atom stereocenters. The fourth-order valence-corrected chi connectivity index (χ4v) is 2.35. The SMILES string of the molecule is Cc1nn(-c2ccccc2[N+](=O)[O-])c(C)c1C(C)N. The Hall–Kier alpha value is -2.21. The first kappa shape index (κ1) is 13.2. The lowest BCUT2D eigenvalue weighted by molar-refractivity contribution is -0.384. The molecule has 1 atom stereocenters. The van der Waals surface area contributed by atoms with E-state index in [4.69, 9.17) is 5.73 Å². The zero-order chi connectivity index (χ0) is 14.2. The van der Waals surface area contributed by atoms with Gasteiger partial charge in [0.1, 0.15) is 5.69 Å². The Morgan fingerprint density at radius 2 is 2.00 bits per heavy atom. The lowest BCUT2D eigenvalue weighted by Gasteiger charge is -2.07. The van der Waals surface area contributed by atoms with Crippen LogP contribution in [0.3, 0.4) is 0 Å². The third-order valence-electron chi connectivity index (χ3n) is 3.11. The van der Waals surface area contributed by atoms with E-state index in [0.29, 0.717) is 5.69 Å². The van der Waals surface area contributed by atoms with E-state index >= 15 is 0 Å². The maximum absolute atomic E-state index is 11.1. The minimum absolute atomic E-state index is 0.0318. The van der Waals surface area contributed by atoms with E-state index in [1.807, 2.05) is 20.8 Å². The normalized spacial score (nSPS) is 12.4. The van der Waals surface area contributed by atoms with Crippen LogP contribution in [-0.4, -0.2) is 14.7 Å². The third-order valence-corrected chi connectivity index (χ3v) is 3.11. The van der Waals surface area contributed by atoms with Crippen LogP contribution in [0.4, 0.5) is 5.69 Å². The molecule has 2 rings (SSSR count). The van der Waals surface area contributed by atoms with Crippen LogP contribution in [0.15, 0.2) is 24.3 Å². The number of nitro benzene ring substituents is 1. The highest BCUT2D eigenvalue weighted by molar-refractivity contribution is 5.53. The minimum Gasteiger partial charge on any atom is -0.324 e. The van der Waals surface area contributed by atoms with Crippen molar-refractivity contribution in [3.63, 3.8) is 0 Å². The highest BCUT2D eigenvalue weighted by Crippen LogP contribution is 2.27. The summed E-state index contributed by atoms with van der Waals surface area (Å²) >= 11 is 0. The van der Waals surface area contributed by atoms with E-state index in [0.717, 1.165) is 17.0 Å². The average Bonchev–Trinajstić information content (AvgIpc) is 2.64. The lowest BCUT2D eigenvalue weighted by Crippen LogP contribution is -2.08. The summed E-state index contributed by atoms with van der Waals surface area (Å²) in [6.07, 6.45) is 0. The summed E-state index contributed by atoms with van der Waals surface area (Å²) in [6.45, 7) is 5.60. The van der Waals surface area contributed by atoms with Crippen LogP contribution in [0.1, 0.15) is 29.9 Å². The summed E-state index contributed by atoms with van der Waals surface area (Å²) in [7, 11) is 0. The van der Waals surface area contributed by atoms with Crippen molar-refractivity contribution >= 4 is 5.69 Å². The number of aryl methyl sites for hydroxylation is 1. The molecule has 0 spiro atoms. The van der Waals surface area contributed by atoms with Crippen LogP contribution >= 0.6 is 0 Å². The number of aromatic nitrogens is 2. The Morgan fingerprint density at radius 1 is 1.37 bits per heavy atom. The molecular weight excluding hydrogens is 244 g/mol. The number of rotatable bonds is 3. The smallest absolute Gasteiger partial charge is 0.294 e. The summed E-state index contributed by atoms with van der Waals surface area (Å²) in [5.41, 5.74) is 8.97. The number of benzene rings is 1. The molecule has 2 aromatic rings. The Balaban J connectivity index is 2.67. The van der Waals surface area contributed by atoms with Gasteiger partial charge in [0.15, 0.2) is 0 Å². The number of hydrogen-bond donors (Lipinski definition) is 1. The maximum atomic E-state index is 11.1. The summed E-state index contributed by atoms with van der Waals surface area (Å²) in [5.74, 6) is 0. The molecule has 0 radical (unpaired) electrons. The average molecular weight is 260 g/mol. The Morgan fingerprint density at radius 3 is 2.53 bits per heavy atom. The highest BCUT2D eigenvalue weighted by Gasteiger charge is 2.21. The second kappa shape index (κ2) is 4.81. The molecule has 0 saturated heterocycles. The maximum Gasteiger partial charge on any atom is 0.294 e.